The van der Waals surface area contributed by atoms with E-state index in [4.69, 9.17) is 11.0 Å². The fraction of sp³-hybridized carbons (Fsp3) is 0.529. The minimum atomic E-state index is 0.289. The van der Waals surface area contributed by atoms with Crippen LogP contribution < -0.4 is 5.73 Å². The Labute approximate surface area is 132 Å². The summed E-state index contributed by atoms with van der Waals surface area (Å²) >= 11 is 1.56. The maximum absolute atomic E-state index is 8.76. The standard InChI is InChI=1S/C17H25N3S/c1-13(2)5-4-6-14(3)20-17(19)21-12-16-9-7-15(11-18)8-10-16/h7-10,13-14H,4-6,12H2,1-3H3,(H2,19,20)/t14-/m0/s1. The van der Waals surface area contributed by atoms with Crippen molar-refractivity contribution in [3.05, 3.63) is 35.4 Å². The van der Waals surface area contributed by atoms with Gasteiger partial charge in [0.1, 0.15) is 0 Å². The molecule has 1 aromatic rings. The molecule has 0 aliphatic heterocycles. The molecule has 4 heteroatoms. The summed E-state index contributed by atoms with van der Waals surface area (Å²) < 4.78 is 0. The first-order chi connectivity index (χ1) is 10.0. The molecule has 3 nitrogen and oxygen atoms in total. The third-order valence-electron chi connectivity index (χ3n) is 3.22. The highest BCUT2D eigenvalue weighted by atomic mass is 32.2. The number of nitriles is 1. The van der Waals surface area contributed by atoms with Gasteiger partial charge in [-0.2, -0.15) is 5.26 Å². The SMILES string of the molecule is CC(C)CCC[C@H](C)N=C(N)SCc1ccc(C#N)cc1. The molecule has 0 heterocycles. The van der Waals surface area contributed by atoms with Crippen LogP contribution in [0.5, 0.6) is 0 Å². The molecule has 0 saturated carbocycles. The molecule has 0 amide bonds. The van der Waals surface area contributed by atoms with E-state index in [1.165, 1.54) is 12.8 Å². The summed E-state index contributed by atoms with van der Waals surface area (Å²) in [6.45, 7) is 6.61. The summed E-state index contributed by atoms with van der Waals surface area (Å²) in [6.07, 6.45) is 3.55. The maximum Gasteiger partial charge on any atom is 0.154 e. The highest BCUT2D eigenvalue weighted by molar-refractivity contribution is 8.13. The predicted octanol–water partition coefficient (Wildman–Crippen LogP) is 4.32. The van der Waals surface area contributed by atoms with Crippen LogP contribution in [0.1, 0.15) is 51.2 Å². The van der Waals surface area contributed by atoms with Crippen LogP contribution in [0.2, 0.25) is 0 Å². The van der Waals surface area contributed by atoms with E-state index in [-0.39, 0.29) is 6.04 Å². The lowest BCUT2D eigenvalue weighted by molar-refractivity contribution is 0.512. The van der Waals surface area contributed by atoms with Gasteiger partial charge in [-0.1, -0.05) is 50.6 Å². The third kappa shape index (κ3) is 7.77. The first kappa shape index (κ1) is 17.6. The summed E-state index contributed by atoms with van der Waals surface area (Å²) in [5.74, 6) is 1.55. The Hall–Kier alpha value is -1.47. The summed E-state index contributed by atoms with van der Waals surface area (Å²) in [4.78, 5) is 4.53. The van der Waals surface area contributed by atoms with Crippen molar-refractivity contribution in [1.29, 1.82) is 5.26 Å². The molecule has 0 unspecified atom stereocenters. The molecule has 1 atom stereocenters. The number of hydrogen-bond acceptors (Lipinski definition) is 3. The van der Waals surface area contributed by atoms with Gasteiger partial charge in [-0.3, -0.25) is 4.99 Å². The van der Waals surface area contributed by atoms with E-state index >= 15 is 0 Å². The monoisotopic (exact) mass is 303 g/mol. The van der Waals surface area contributed by atoms with E-state index in [9.17, 15) is 0 Å². The second kappa shape index (κ2) is 9.46. The number of benzene rings is 1. The molecule has 0 radical (unpaired) electrons. The number of nitrogens with zero attached hydrogens (tertiary/aromatic N) is 2. The van der Waals surface area contributed by atoms with Crippen LogP contribution in [0.3, 0.4) is 0 Å². The Morgan fingerprint density at radius 3 is 2.48 bits per heavy atom. The molecule has 0 spiro atoms. The summed E-state index contributed by atoms with van der Waals surface area (Å²) in [6, 6.07) is 10.00. The highest BCUT2D eigenvalue weighted by Gasteiger charge is 2.03. The van der Waals surface area contributed by atoms with Gasteiger partial charge >= 0.3 is 0 Å². The van der Waals surface area contributed by atoms with Crippen LogP contribution in [-0.2, 0) is 5.75 Å². The number of nitrogens with two attached hydrogens (primary N) is 1. The van der Waals surface area contributed by atoms with Gasteiger partial charge in [0, 0.05) is 11.8 Å². The average molecular weight is 303 g/mol. The van der Waals surface area contributed by atoms with E-state index in [1.54, 1.807) is 11.8 Å². The molecule has 1 aromatic carbocycles. The van der Waals surface area contributed by atoms with E-state index in [1.807, 2.05) is 24.3 Å². The van der Waals surface area contributed by atoms with E-state index in [2.05, 4.69) is 31.8 Å². The average Bonchev–Trinajstić information content (AvgIpc) is 2.45. The van der Waals surface area contributed by atoms with Gasteiger partial charge in [-0.05, 0) is 37.0 Å². The summed E-state index contributed by atoms with van der Waals surface area (Å²) in [5.41, 5.74) is 7.81. The van der Waals surface area contributed by atoms with Crippen LogP contribution in [0.4, 0.5) is 0 Å². The molecule has 0 aliphatic rings. The predicted molar refractivity (Wildman–Crippen MR) is 92.2 cm³/mol. The lowest BCUT2D eigenvalue weighted by atomic mass is 10.0. The van der Waals surface area contributed by atoms with Crippen molar-refractivity contribution in [2.45, 2.75) is 51.8 Å². The Balaban J connectivity index is 2.35. The van der Waals surface area contributed by atoms with Gasteiger partial charge in [0.25, 0.3) is 0 Å². The normalized spacial score (nSPS) is 13.2. The largest absolute Gasteiger partial charge is 0.379 e. The van der Waals surface area contributed by atoms with Crippen LogP contribution in [0, 0.1) is 17.2 Å². The van der Waals surface area contributed by atoms with Crippen LogP contribution >= 0.6 is 11.8 Å². The summed E-state index contributed by atoms with van der Waals surface area (Å²) in [7, 11) is 0. The zero-order valence-corrected chi connectivity index (χ0v) is 14.0. The number of hydrogen-bond donors (Lipinski definition) is 1. The number of amidine groups is 1. The van der Waals surface area contributed by atoms with Gasteiger partial charge in [-0.15, -0.1) is 0 Å². The smallest absolute Gasteiger partial charge is 0.154 e. The molecule has 0 bridgehead atoms. The lowest BCUT2D eigenvalue weighted by Crippen LogP contribution is -2.12. The maximum atomic E-state index is 8.76. The first-order valence-corrected chi connectivity index (χ1v) is 8.45. The third-order valence-corrected chi connectivity index (χ3v) is 4.10. The Morgan fingerprint density at radius 2 is 1.90 bits per heavy atom. The van der Waals surface area contributed by atoms with Gasteiger partial charge < -0.3 is 5.73 Å². The Kier molecular flexibility index (Phi) is 7.92. The fourth-order valence-corrected chi connectivity index (χ4v) is 2.73. The Morgan fingerprint density at radius 1 is 1.24 bits per heavy atom. The van der Waals surface area contributed by atoms with Gasteiger partial charge in [0.15, 0.2) is 5.17 Å². The molecule has 1 rings (SSSR count). The van der Waals surface area contributed by atoms with E-state index in [0.717, 1.165) is 23.7 Å². The first-order valence-electron chi connectivity index (χ1n) is 7.46. The van der Waals surface area contributed by atoms with Crippen LogP contribution in [-0.4, -0.2) is 11.2 Å². The van der Waals surface area contributed by atoms with Crippen LogP contribution in [0.15, 0.2) is 29.3 Å². The van der Waals surface area contributed by atoms with Crippen molar-refractivity contribution in [3.63, 3.8) is 0 Å². The van der Waals surface area contributed by atoms with Crippen molar-refractivity contribution in [1.82, 2.24) is 0 Å². The number of thioether (sulfide) groups is 1. The van der Waals surface area contributed by atoms with Crippen LogP contribution in [0.25, 0.3) is 0 Å². The molecule has 0 saturated heterocycles. The van der Waals surface area contributed by atoms with Crippen molar-refractivity contribution < 1.29 is 0 Å². The van der Waals surface area contributed by atoms with Crippen molar-refractivity contribution in [2.75, 3.05) is 0 Å². The molecule has 2 N–H and O–H groups in total. The minimum absolute atomic E-state index is 0.289. The van der Waals surface area contributed by atoms with Crippen molar-refractivity contribution in [2.24, 2.45) is 16.6 Å². The second-order valence-corrected chi connectivity index (χ2v) is 6.73. The Bertz CT molecular complexity index is 486. The number of rotatable bonds is 7. The molecule has 21 heavy (non-hydrogen) atoms. The zero-order valence-electron chi connectivity index (χ0n) is 13.2. The van der Waals surface area contributed by atoms with E-state index in [0.29, 0.717) is 10.7 Å². The van der Waals surface area contributed by atoms with Gasteiger partial charge in [0.05, 0.1) is 11.6 Å². The molecule has 114 valence electrons. The topological polar surface area (TPSA) is 62.2 Å². The molecular formula is C17H25N3S. The summed E-state index contributed by atoms with van der Waals surface area (Å²) in [5, 5.41) is 9.41. The van der Waals surface area contributed by atoms with Crippen molar-refractivity contribution >= 4 is 16.9 Å². The fourth-order valence-electron chi connectivity index (χ4n) is 1.97. The second-order valence-electron chi connectivity index (χ2n) is 5.74. The van der Waals surface area contributed by atoms with E-state index < -0.39 is 0 Å². The zero-order chi connectivity index (χ0) is 15.7. The van der Waals surface area contributed by atoms with Gasteiger partial charge in [0.2, 0.25) is 0 Å². The van der Waals surface area contributed by atoms with Gasteiger partial charge in [-0.25, -0.2) is 0 Å². The number of aliphatic imine (C=N–C) groups is 1. The minimum Gasteiger partial charge on any atom is -0.379 e. The van der Waals surface area contributed by atoms with Crippen molar-refractivity contribution in [3.8, 4) is 6.07 Å². The molecule has 0 aromatic heterocycles. The molecule has 0 fully saturated rings. The molecule has 0 aliphatic carbocycles. The quantitative estimate of drug-likeness (QED) is 0.602. The lowest BCUT2D eigenvalue weighted by Gasteiger charge is -2.09. The molecular weight excluding hydrogens is 278 g/mol. The highest BCUT2D eigenvalue weighted by Crippen LogP contribution is 2.15.